The number of thioether (sulfide) groups is 1. The van der Waals surface area contributed by atoms with Crippen LogP contribution in [0.25, 0.3) is 0 Å². The van der Waals surface area contributed by atoms with Crippen LogP contribution in [0, 0.1) is 10.8 Å². The first-order valence-corrected chi connectivity index (χ1v) is 2.68. The highest BCUT2D eigenvalue weighted by atomic mass is 32.2. The predicted molar refractivity (Wildman–Crippen MR) is 31.6 cm³/mol. The molecule has 4 nitrogen and oxygen atoms in total. The summed E-state index contributed by atoms with van der Waals surface area (Å²) in [5.74, 6) is -0.0972. The predicted octanol–water partition coefficient (Wildman–Crippen LogP) is 0.397. The van der Waals surface area contributed by atoms with E-state index in [4.69, 9.17) is 10.8 Å². The van der Waals surface area contributed by atoms with Crippen molar-refractivity contribution in [3.8, 4) is 0 Å². The largest absolute Gasteiger partial charge is 0.299 e. The molecule has 0 spiro atoms. The van der Waals surface area contributed by atoms with Crippen LogP contribution < -0.4 is 5.32 Å². The van der Waals surface area contributed by atoms with Crippen molar-refractivity contribution in [3.05, 3.63) is 0 Å². The highest BCUT2D eigenvalue weighted by Gasteiger charge is 2.21. The van der Waals surface area contributed by atoms with Gasteiger partial charge in [-0.25, -0.2) is 0 Å². The quantitative estimate of drug-likeness (QED) is 0.442. The van der Waals surface area contributed by atoms with Gasteiger partial charge in [0.2, 0.25) is 0 Å². The highest BCUT2D eigenvalue weighted by molar-refractivity contribution is 8.28. The van der Waals surface area contributed by atoms with Crippen LogP contribution in [0.4, 0.5) is 4.79 Å². The molecule has 5 heteroatoms. The maximum absolute atomic E-state index is 10.2. The standard InChI is InChI=1S/C3H3N3OS/c4-1-2(5)8-3(7)6-1/h5H,(H2,4,6,7). The van der Waals surface area contributed by atoms with E-state index < -0.39 is 0 Å². The third-order valence-electron chi connectivity index (χ3n) is 0.649. The van der Waals surface area contributed by atoms with Crippen molar-refractivity contribution in [2.75, 3.05) is 0 Å². The molecule has 0 unspecified atom stereocenters. The van der Waals surface area contributed by atoms with Crippen LogP contribution in [-0.4, -0.2) is 16.1 Å². The van der Waals surface area contributed by atoms with E-state index >= 15 is 0 Å². The van der Waals surface area contributed by atoms with E-state index in [2.05, 4.69) is 5.32 Å². The monoisotopic (exact) mass is 129 g/mol. The molecule has 0 radical (unpaired) electrons. The van der Waals surface area contributed by atoms with Crippen molar-refractivity contribution in [1.82, 2.24) is 5.32 Å². The van der Waals surface area contributed by atoms with Crippen molar-refractivity contribution < 1.29 is 4.79 Å². The third kappa shape index (κ3) is 0.717. The van der Waals surface area contributed by atoms with Crippen LogP contribution >= 0.6 is 11.8 Å². The first-order valence-electron chi connectivity index (χ1n) is 1.86. The van der Waals surface area contributed by atoms with Gasteiger partial charge in [0.25, 0.3) is 5.24 Å². The van der Waals surface area contributed by atoms with Crippen molar-refractivity contribution in [2.45, 2.75) is 0 Å². The molecule has 0 bridgehead atoms. The maximum atomic E-state index is 10.2. The minimum absolute atomic E-state index is 0.00463. The zero-order chi connectivity index (χ0) is 6.15. The van der Waals surface area contributed by atoms with Crippen LogP contribution in [-0.2, 0) is 0 Å². The average molecular weight is 129 g/mol. The molecular formula is C3H3N3OS. The number of hydrogen-bond donors (Lipinski definition) is 3. The van der Waals surface area contributed by atoms with Crippen LogP contribution in [0.1, 0.15) is 0 Å². The number of carbonyl (C=O) groups excluding carboxylic acids is 1. The number of amides is 1. The summed E-state index contributed by atoms with van der Waals surface area (Å²) in [7, 11) is 0. The number of rotatable bonds is 0. The minimum atomic E-state index is -0.333. The molecular weight excluding hydrogens is 126 g/mol. The number of amidine groups is 1. The fourth-order valence-corrected chi connectivity index (χ4v) is 0.820. The molecule has 0 atom stereocenters. The molecule has 1 heterocycles. The van der Waals surface area contributed by atoms with E-state index in [1.54, 1.807) is 0 Å². The summed E-state index contributed by atoms with van der Waals surface area (Å²) in [4.78, 5) is 10.2. The van der Waals surface area contributed by atoms with Gasteiger partial charge in [-0.15, -0.1) is 0 Å². The van der Waals surface area contributed by atoms with E-state index in [9.17, 15) is 4.79 Å². The minimum Gasteiger partial charge on any atom is -0.299 e. The van der Waals surface area contributed by atoms with Gasteiger partial charge in [-0.05, 0) is 11.8 Å². The van der Waals surface area contributed by atoms with E-state index in [-0.39, 0.29) is 16.1 Å². The summed E-state index contributed by atoms with van der Waals surface area (Å²) in [6.07, 6.45) is 0. The molecule has 0 aliphatic carbocycles. The van der Waals surface area contributed by atoms with Crippen LogP contribution in [0.3, 0.4) is 0 Å². The van der Waals surface area contributed by atoms with Crippen molar-refractivity contribution in [2.24, 2.45) is 0 Å². The van der Waals surface area contributed by atoms with Gasteiger partial charge in [-0.3, -0.25) is 20.9 Å². The molecule has 0 saturated carbocycles. The summed E-state index contributed by atoms with van der Waals surface area (Å²) < 4.78 is 0. The van der Waals surface area contributed by atoms with Gasteiger partial charge in [0.05, 0.1) is 0 Å². The van der Waals surface area contributed by atoms with E-state index in [0.29, 0.717) is 0 Å². The molecule has 42 valence electrons. The molecule has 0 aromatic rings. The Bertz CT molecular complexity index is 157. The Morgan fingerprint density at radius 3 is 2.25 bits per heavy atom. The van der Waals surface area contributed by atoms with E-state index in [1.807, 2.05) is 0 Å². The van der Waals surface area contributed by atoms with Gasteiger partial charge in [-0.2, -0.15) is 0 Å². The molecule has 0 aromatic carbocycles. The van der Waals surface area contributed by atoms with E-state index in [1.165, 1.54) is 0 Å². The van der Waals surface area contributed by atoms with Gasteiger partial charge >= 0.3 is 0 Å². The fraction of sp³-hybridized carbons (Fsp3) is 0. The molecule has 3 N–H and O–H groups in total. The van der Waals surface area contributed by atoms with Crippen molar-refractivity contribution in [3.63, 3.8) is 0 Å². The fourth-order valence-electron chi connectivity index (χ4n) is 0.328. The molecule has 1 aliphatic heterocycles. The lowest BCUT2D eigenvalue weighted by Crippen LogP contribution is -2.19. The molecule has 1 amide bonds. The molecule has 8 heavy (non-hydrogen) atoms. The van der Waals surface area contributed by atoms with Gasteiger partial charge < -0.3 is 0 Å². The topological polar surface area (TPSA) is 76.8 Å². The Balaban J connectivity index is 2.79. The lowest BCUT2D eigenvalue weighted by molar-refractivity contribution is 0.265. The smallest absolute Gasteiger partial charge is 0.291 e. The molecule has 1 saturated heterocycles. The average Bonchev–Trinajstić information content (AvgIpc) is 1.85. The summed E-state index contributed by atoms with van der Waals surface area (Å²) >= 11 is 0.737. The Morgan fingerprint density at radius 2 is 2.12 bits per heavy atom. The first kappa shape index (κ1) is 5.30. The van der Waals surface area contributed by atoms with Gasteiger partial charge in [0.15, 0.2) is 5.84 Å². The second-order valence-corrected chi connectivity index (χ2v) is 2.20. The molecule has 0 aromatic heterocycles. The lowest BCUT2D eigenvalue weighted by atomic mass is 10.6. The summed E-state index contributed by atoms with van der Waals surface area (Å²) in [6, 6.07) is 0. The first-order chi connectivity index (χ1) is 3.70. The number of hydrogen-bond acceptors (Lipinski definition) is 4. The van der Waals surface area contributed by atoms with Crippen molar-refractivity contribution >= 4 is 27.9 Å². The summed E-state index contributed by atoms with van der Waals surface area (Å²) in [5, 5.41) is 15.5. The maximum Gasteiger partial charge on any atom is 0.291 e. The Kier molecular flexibility index (Phi) is 1.05. The SMILES string of the molecule is N=C1NC(=O)SC1=N. The zero-order valence-corrected chi connectivity index (χ0v) is 4.63. The van der Waals surface area contributed by atoms with Crippen molar-refractivity contribution in [1.29, 1.82) is 10.8 Å². The second kappa shape index (κ2) is 1.59. The number of nitrogens with one attached hydrogen (secondary N) is 3. The van der Waals surface area contributed by atoms with Gasteiger partial charge in [-0.1, -0.05) is 0 Å². The zero-order valence-electron chi connectivity index (χ0n) is 3.82. The highest BCUT2D eigenvalue weighted by Crippen LogP contribution is 2.09. The Morgan fingerprint density at radius 1 is 1.50 bits per heavy atom. The summed E-state index contributed by atoms with van der Waals surface area (Å²) in [5.41, 5.74) is 0. The second-order valence-electron chi connectivity index (χ2n) is 1.22. The van der Waals surface area contributed by atoms with Gasteiger partial charge in [0.1, 0.15) is 5.04 Å². The van der Waals surface area contributed by atoms with Gasteiger partial charge in [0, 0.05) is 0 Å². The number of carbonyl (C=O) groups is 1. The lowest BCUT2D eigenvalue weighted by Gasteiger charge is -1.82. The molecule has 1 aliphatic rings. The van der Waals surface area contributed by atoms with Crippen LogP contribution in [0.15, 0.2) is 0 Å². The molecule has 1 rings (SSSR count). The third-order valence-corrected chi connectivity index (χ3v) is 1.34. The van der Waals surface area contributed by atoms with Crippen LogP contribution in [0.2, 0.25) is 0 Å². The normalized spacial score (nSPS) is 19.2. The van der Waals surface area contributed by atoms with E-state index in [0.717, 1.165) is 11.8 Å². The molecule has 1 fully saturated rings. The Labute approximate surface area is 49.7 Å². The Hall–Kier alpha value is -0.840. The van der Waals surface area contributed by atoms with Crippen LogP contribution in [0.5, 0.6) is 0 Å². The summed E-state index contributed by atoms with van der Waals surface area (Å²) in [6.45, 7) is 0.